The monoisotopic (exact) mass is 424 g/mol. The molecule has 0 aromatic heterocycles. The Bertz CT molecular complexity index is 920. The molecular weight excluding hydrogens is 396 g/mol. The molecule has 0 saturated carbocycles. The Morgan fingerprint density at radius 3 is 2.26 bits per heavy atom. The molecule has 0 spiro atoms. The van der Waals surface area contributed by atoms with Crippen LogP contribution in [0.2, 0.25) is 0 Å². The minimum absolute atomic E-state index is 0.0770. The second-order valence-electron chi connectivity index (χ2n) is 7.63. The zero-order chi connectivity index (χ0) is 22.4. The summed E-state index contributed by atoms with van der Waals surface area (Å²) in [4.78, 5) is 27.7. The van der Waals surface area contributed by atoms with E-state index in [1.807, 2.05) is 24.3 Å². The highest BCUT2D eigenvalue weighted by Crippen LogP contribution is 2.16. The van der Waals surface area contributed by atoms with Crippen LogP contribution in [0.15, 0.2) is 48.5 Å². The molecule has 1 aliphatic rings. The van der Waals surface area contributed by atoms with E-state index in [-0.39, 0.29) is 17.6 Å². The lowest BCUT2D eigenvalue weighted by Gasteiger charge is -2.32. The Labute approximate surface area is 181 Å². The van der Waals surface area contributed by atoms with Crippen LogP contribution in [0.1, 0.15) is 34.3 Å². The number of hydrogen-bond acceptors (Lipinski definition) is 5. The largest absolute Gasteiger partial charge is 0.497 e. The van der Waals surface area contributed by atoms with Gasteiger partial charge in [-0.2, -0.15) is 0 Å². The van der Waals surface area contributed by atoms with Crippen LogP contribution in [0.25, 0.3) is 0 Å². The van der Waals surface area contributed by atoms with Crippen molar-refractivity contribution in [3.63, 3.8) is 0 Å². The number of rotatable bonds is 7. The lowest BCUT2D eigenvalue weighted by Crippen LogP contribution is -2.52. The summed E-state index contributed by atoms with van der Waals surface area (Å²) in [7, 11) is 1.59. The third-order valence-corrected chi connectivity index (χ3v) is 5.44. The van der Waals surface area contributed by atoms with E-state index in [9.17, 15) is 14.7 Å². The number of methoxy groups -OCH3 is 1. The molecule has 8 heteroatoms. The highest BCUT2D eigenvalue weighted by Gasteiger charge is 2.29. The van der Waals surface area contributed by atoms with Gasteiger partial charge in [0.05, 0.1) is 13.2 Å². The van der Waals surface area contributed by atoms with Crippen LogP contribution in [0.5, 0.6) is 5.75 Å². The number of aliphatic hydroxyl groups excluding tert-OH is 1. The maximum atomic E-state index is 13.2. The van der Waals surface area contributed by atoms with Crippen molar-refractivity contribution >= 4 is 17.6 Å². The van der Waals surface area contributed by atoms with Crippen LogP contribution in [0.3, 0.4) is 0 Å². The van der Waals surface area contributed by atoms with Crippen molar-refractivity contribution in [1.29, 1.82) is 5.41 Å². The highest BCUT2D eigenvalue weighted by molar-refractivity contribution is 5.99. The van der Waals surface area contributed by atoms with E-state index in [4.69, 9.17) is 15.9 Å². The van der Waals surface area contributed by atoms with Gasteiger partial charge in [0.25, 0.3) is 5.91 Å². The first kappa shape index (κ1) is 22.3. The van der Waals surface area contributed by atoms with E-state index in [0.717, 1.165) is 5.56 Å². The highest BCUT2D eigenvalue weighted by atomic mass is 16.5. The van der Waals surface area contributed by atoms with Crippen LogP contribution in [0.4, 0.5) is 0 Å². The van der Waals surface area contributed by atoms with Gasteiger partial charge in [-0.1, -0.05) is 24.3 Å². The van der Waals surface area contributed by atoms with Crippen molar-refractivity contribution in [2.45, 2.75) is 31.4 Å². The Hall–Kier alpha value is -3.39. The van der Waals surface area contributed by atoms with Gasteiger partial charge in [-0.15, -0.1) is 0 Å². The van der Waals surface area contributed by atoms with Gasteiger partial charge in [0, 0.05) is 30.6 Å². The van der Waals surface area contributed by atoms with Gasteiger partial charge >= 0.3 is 0 Å². The predicted octanol–water partition coefficient (Wildman–Crippen LogP) is 1.30. The molecule has 2 amide bonds. The maximum absolute atomic E-state index is 13.2. The number of nitrogens with one attached hydrogen (secondary N) is 2. The first-order chi connectivity index (χ1) is 14.9. The third kappa shape index (κ3) is 5.82. The van der Waals surface area contributed by atoms with Crippen LogP contribution >= 0.6 is 0 Å². The number of nitrogens with zero attached hydrogens (tertiary/aromatic N) is 1. The molecule has 1 saturated heterocycles. The molecule has 5 N–H and O–H groups in total. The second kappa shape index (κ2) is 10.1. The van der Waals surface area contributed by atoms with Gasteiger partial charge in [0.2, 0.25) is 5.91 Å². The van der Waals surface area contributed by atoms with Crippen LogP contribution in [-0.4, -0.2) is 60.0 Å². The van der Waals surface area contributed by atoms with E-state index >= 15 is 0 Å². The smallest absolute Gasteiger partial charge is 0.251 e. The topological polar surface area (TPSA) is 129 Å². The van der Waals surface area contributed by atoms with E-state index in [1.54, 1.807) is 36.3 Å². The lowest BCUT2D eigenvalue weighted by molar-refractivity contribution is -0.135. The number of nitrogen functional groups attached to an aromatic ring is 1. The summed E-state index contributed by atoms with van der Waals surface area (Å²) in [5.41, 5.74) is 7.26. The predicted molar refractivity (Wildman–Crippen MR) is 117 cm³/mol. The van der Waals surface area contributed by atoms with Crippen LogP contribution in [0, 0.1) is 5.41 Å². The van der Waals surface area contributed by atoms with Crippen molar-refractivity contribution in [3.05, 3.63) is 65.2 Å². The number of amides is 2. The number of aliphatic hydroxyl groups is 1. The number of likely N-dealkylation sites (tertiary alicyclic amines) is 1. The van der Waals surface area contributed by atoms with Crippen LogP contribution in [-0.2, 0) is 11.2 Å². The average molecular weight is 425 g/mol. The molecule has 0 aliphatic carbocycles. The Kier molecular flexibility index (Phi) is 7.25. The maximum Gasteiger partial charge on any atom is 0.251 e. The van der Waals surface area contributed by atoms with E-state index in [2.05, 4.69) is 5.32 Å². The Morgan fingerprint density at radius 1 is 1.13 bits per heavy atom. The standard InChI is InChI=1S/C23H28N4O4/c1-31-19-8-2-15(3-9-19)14-20(23(30)27-12-10-18(28)11-13-27)26-22(29)17-6-4-16(5-7-17)21(24)25/h2-9,18,20,28H,10-14H2,1H3,(H3,24,25)(H,26,29)/t20-/m0/s1. The average Bonchev–Trinajstić information content (AvgIpc) is 2.79. The molecule has 1 fully saturated rings. The minimum Gasteiger partial charge on any atom is -0.497 e. The van der Waals surface area contributed by atoms with Crippen molar-refractivity contribution in [2.24, 2.45) is 5.73 Å². The summed E-state index contributed by atoms with van der Waals surface area (Å²) in [6, 6.07) is 13.0. The summed E-state index contributed by atoms with van der Waals surface area (Å²) in [6.07, 6.45) is 1.00. The summed E-state index contributed by atoms with van der Waals surface area (Å²) in [6.45, 7) is 0.921. The van der Waals surface area contributed by atoms with Gasteiger partial charge in [0.15, 0.2) is 0 Å². The summed E-state index contributed by atoms with van der Waals surface area (Å²) >= 11 is 0. The summed E-state index contributed by atoms with van der Waals surface area (Å²) < 4.78 is 5.18. The molecule has 0 radical (unpaired) electrons. The Morgan fingerprint density at radius 2 is 1.71 bits per heavy atom. The van der Waals surface area contributed by atoms with E-state index in [0.29, 0.717) is 49.2 Å². The van der Waals surface area contributed by atoms with Gasteiger partial charge < -0.3 is 25.8 Å². The first-order valence-electron chi connectivity index (χ1n) is 10.2. The van der Waals surface area contributed by atoms with E-state index in [1.165, 1.54) is 0 Å². The normalized spacial score (nSPS) is 15.2. The number of hydrogen-bond donors (Lipinski definition) is 4. The third-order valence-electron chi connectivity index (χ3n) is 5.44. The number of piperidine rings is 1. The number of carbonyl (C=O) groups excluding carboxylic acids is 2. The molecule has 1 atom stereocenters. The molecule has 3 rings (SSSR count). The molecule has 8 nitrogen and oxygen atoms in total. The molecule has 2 aromatic carbocycles. The molecular formula is C23H28N4O4. The number of ether oxygens (including phenoxy) is 1. The molecule has 0 unspecified atom stereocenters. The number of carbonyl (C=O) groups is 2. The van der Waals surface area contributed by atoms with Gasteiger partial charge in [-0.25, -0.2) is 0 Å². The molecule has 1 aliphatic heterocycles. The fraction of sp³-hybridized carbons (Fsp3) is 0.348. The zero-order valence-corrected chi connectivity index (χ0v) is 17.5. The van der Waals surface area contributed by atoms with Crippen molar-refractivity contribution in [1.82, 2.24) is 10.2 Å². The Balaban J connectivity index is 1.77. The fourth-order valence-corrected chi connectivity index (χ4v) is 3.55. The van der Waals surface area contributed by atoms with Crippen molar-refractivity contribution in [3.8, 4) is 5.75 Å². The number of nitrogens with two attached hydrogens (primary N) is 1. The molecule has 31 heavy (non-hydrogen) atoms. The van der Waals surface area contributed by atoms with Gasteiger partial charge in [0.1, 0.15) is 17.6 Å². The molecule has 0 bridgehead atoms. The lowest BCUT2D eigenvalue weighted by atomic mass is 10.0. The van der Waals surface area contributed by atoms with Gasteiger partial charge in [-0.3, -0.25) is 15.0 Å². The van der Waals surface area contributed by atoms with Crippen molar-refractivity contribution < 1.29 is 19.4 Å². The van der Waals surface area contributed by atoms with E-state index < -0.39 is 12.1 Å². The first-order valence-corrected chi connectivity index (χ1v) is 10.2. The zero-order valence-electron chi connectivity index (χ0n) is 17.5. The number of amidine groups is 1. The summed E-state index contributed by atoms with van der Waals surface area (Å²) in [5, 5.41) is 20.1. The van der Waals surface area contributed by atoms with Gasteiger partial charge in [-0.05, 0) is 42.7 Å². The quantitative estimate of drug-likeness (QED) is 0.393. The fourth-order valence-electron chi connectivity index (χ4n) is 3.55. The second-order valence-corrected chi connectivity index (χ2v) is 7.63. The minimum atomic E-state index is -0.747. The number of benzene rings is 2. The molecule has 164 valence electrons. The molecule has 2 aromatic rings. The molecule has 1 heterocycles. The summed E-state index contributed by atoms with van der Waals surface area (Å²) in [5.74, 6) is 0.0912. The SMILES string of the molecule is COc1ccc(C[C@H](NC(=O)c2ccc(C(=N)N)cc2)C(=O)N2CCC(O)CC2)cc1. The van der Waals surface area contributed by atoms with Crippen molar-refractivity contribution in [2.75, 3.05) is 20.2 Å². The van der Waals surface area contributed by atoms with Crippen LogP contribution < -0.4 is 15.8 Å².